The fraction of sp³-hybridized carbons (Fsp3) is 0.684. The van der Waals surface area contributed by atoms with Crippen LogP contribution in [0.1, 0.15) is 38.5 Å². The first kappa shape index (κ1) is 18.8. The van der Waals surface area contributed by atoms with E-state index in [0.717, 1.165) is 32.4 Å². The van der Waals surface area contributed by atoms with Gasteiger partial charge in [-0.2, -0.15) is 0 Å². The Morgan fingerprint density at radius 3 is 2.54 bits per heavy atom. The van der Waals surface area contributed by atoms with Gasteiger partial charge in [-0.3, -0.25) is 14.5 Å². The van der Waals surface area contributed by atoms with Gasteiger partial charge in [0.15, 0.2) is 0 Å². The van der Waals surface area contributed by atoms with E-state index in [2.05, 4.69) is 28.6 Å². The molecule has 142 valence electrons. The van der Waals surface area contributed by atoms with E-state index < -0.39 is 11.6 Å². The molecule has 3 fully saturated rings. The van der Waals surface area contributed by atoms with Crippen LogP contribution in [0.15, 0.2) is 30.1 Å². The molecule has 26 heavy (non-hydrogen) atoms. The minimum absolute atomic E-state index is 0.0157. The van der Waals surface area contributed by atoms with E-state index in [1.54, 1.807) is 11.0 Å². The van der Waals surface area contributed by atoms with Crippen LogP contribution in [0.25, 0.3) is 0 Å². The average Bonchev–Trinajstić information content (AvgIpc) is 3.14. The number of nitroso groups, excluding NO2 is 1. The zero-order valence-electron chi connectivity index (χ0n) is 15.3. The number of likely N-dealkylation sites (tertiary alicyclic amines) is 2. The molecule has 0 aromatic heterocycles. The number of rotatable bonds is 7. The normalized spacial score (nSPS) is 31.3. The largest absolute Gasteiger partial charge is 0.342 e. The highest BCUT2D eigenvalue weighted by atomic mass is 16.3. The third-order valence-electron chi connectivity index (χ3n) is 5.95. The maximum atomic E-state index is 12.9. The van der Waals surface area contributed by atoms with Crippen molar-refractivity contribution in [3.05, 3.63) is 29.8 Å². The summed E-state index contributed by atoms with van der Waals surface area (Å²) in [6, 6.07) is -0.477. The molecule has 2 heterocycles. The first-order chi connectivity index (χ1) is 12.5. The van der Waals surface area contributed by atoms with Gasteiger partial charge in [-0.25, -0.2) is 0 Å². The topological polar surface area (TPSA) is 82.1 Å². The van der Waals surface area contributed by atoms with Crippen molar-refractivity contribution in [2.75, 3.05) is 26.2 Å². The first-order valence-electron chi connectivity index (χ1n) is 9.51. The molecule has 0 radical (unpaired) electrons. The van der Waals surface area contributed by atoms with Crippen LogP contribution in [0.4, 0.5) is 0 Å². The Bertz CT molecular complexity index is 614. The molecule has 0 spiro atoms. The van der Waals surface area contributed by atoms with Crippen molar-refractivity contribution in [1.82, 2.24) is 15.1 Å². The summed E-state index contributed by atoms with van der Waals surface area (Å²) in [5.41, 5.74) is -0.690. The van der Waals surface area contributed by atoms with Crippen LogP contribution < -0.4 is 5.32 Å². The minimum atomic E-state index is -0.815. The summed E-state index contributed by atoms with van der Waals surface area (Å²) in [6.45, 7) is 10.3. The van der Waals surface area contributed by atoms with Gasteiger partial charge in [0, 0.05) is 12.5 Å². The molecule has 2 saturated heterocycles. The molecular formula is C19H28N4O3. The van der Waals surface area contributed by atoms with Gasteiger partial charge < -0.3 is 10.2 Å². The van der Waals surface area contributed by atoms with Gasteiger partial charge in [-0.1, -0.05) is 19.1 Å². The molecule has 2 amide bonds. The van der Waals surface area contributed by atoms with E-state index in [1.165, 1.54) is 6.42 Å². The van der Waals surface area contributed by atoms with Crippen LogP contribution in [0, 0.1) is 10.8 Å². The quantitative estimate of drug-likeness (QED) is 0.554. The highest BCUT2D eigenvalue weighted by Gasteiger charge is 2.57. The molecule has 7 heteroatoms. The lowest BCUT2D eigenvalue weighted by atomic mass is 10.1. The van der Waals surface area contributed by atoms with Crippen LogP contribution in [0.3, 0.4) is 0 Å². The lowest BCUT2D eigenvalue weighted by Gasteiger charge is -2.31. The predicted octanol–water partition coefficient (Wildman–Crippen LogP) is 1.80. The number of amides is 2. The molecule has 0 aromatic carbocycles. The number of hydrogen-bond acceptors (Lipinski definition) is 5. The van der Waals surface area contributed by atoms with Gasteiger partial charge in [-0.05, 0) is 50.4 Å². The summed E-state index contributed by atoms with van der Waals surface area (Å²) >= 11 is 0. The summed E-state index contributed by atoms with van der Waals surface area (Å²) < 4.78 is 0. The SMILES string of the molecule is C=CC1CC1(NC(=O)[C@@H]1CCCN1C(=O)CN1CCCCC1)C(=C)N=O. The molecule has 1 N–H and O–H groups in total. The van der Waals surface area contributed by atoms with Crippen LogP contribution in [0.2, 0.25) is 0 Å². The zero-order valence-corrected chi connectivity index (χ0v) is 15.3. The Morgan fingerprint density at radius 1 is 1.19 bits per heavy atom. The number of carbonyl (C=O) groups is 2. The fourth-order valence-electron chi connectivity index (χ4n) is 4.24. The van der Waals surface area contributed by atoms with Gasteiger partial charge in [0.25, 0.3) is 0 Å². The van der Waals surface area contributed by atoms with Gasteiger partial charge in [0.05, 0.1) is 12.1 Å². The molecular weight excluding hydrogens is 332 g/mol. The Kier molecular flexibility index (Phi) is 5.55. The average molecular weight is 360 g/mol. The molecule has 3 aliphatic rings. The second-order valence-electron chi connectivity index (χ2n) is 7.63. The van der Waals surface area contributed by atoms with Crippen LogP contribution >= 0.6 is 0 Å². The molecule has 0 bridgehead atoms. The third kappa shape index (κ3) is 3.58. The Balaban J connectivity index is 1.62. The lowest BCUT2D eigenvalue weighted by molar-refractivity contribution is -0.139. The second kappa shape index (κ2) is 7.70. The van der Waals surface area contributed by atoms with Crippen molar-refractivity contribution in [2.45, 2.75) is 50.1 Å². The van der Waals surface area contributed by atoms with Crippen LogP contribution in [-0.2, 0) is 9.59 Å². The van der Waals surface area contributed by atoms with E-state index >= 15 is 0 Å². The Labute approximate surface area is 154 Å². The molecule has 2 unspecified atom stereocenters. The van der Waals surface area contributed by atoms with E-state index in [0.29, 0.717) is 25.9 Å². The summed E-state index contributed by atoms with van der Waals surface area (Å²) in [5.74, 6) is -0.235. The predicted molar refractivity (Wildman–Crippen MR) is 99.1 cm³/mol. The monoisotopic (exact) mass is 360 g/mol. The molecule has 3 atom stereocenters. The Hall–Kier alpha value is -2.02. The fourth-order valence-corrected chi connectivity index (χ4v) is 4.24. The third-order valence-corrected chi connectivity index (χ3v) is 5.95. The number of nitrogens with zero attached hydrogens (tertiary/aromatic N) is 3. The highest BCUT2D eigenvalue weighted by Crippen LogP contribution is 2.49. The van der Waals surface area contributed by atoms with Crippen molar-refractivity contribution < 1.29 is 9.59 Å². The van der Waals surface area contributed by atoms with E-state index in [9.17, 15) is 14.5 Å². The molecule has 0 aromatic rings. The minimum Gasteiger partial charge on any atom is -0.342 e. The van der Waals surface area contributed by atoms with E-state index in [4.69, 9.17) is 0 Å². The summed E-state index contributed by atoms with van der Waals surface area (Å²) in [6.07, 6.45) is 7.24. The standard InChI is InChI=1S/C19H28N4O3/c1-3-15-12-19(15,14(2)21-26)20-18(25)16-8-7-11-23(16)17(24)13-22-9-5-4-6-10-22/h3,15-16H,1-2,4-13H2,(H,20,25)/t15?,16-,19?/m0/s1. The van der Waals surface area contributed by atoms with Crippen molar-refractivity contribution in [3.8, 4) is 0 Å². The summed E-state index contributed by atoms with van der Waals surface area (Å²) in [7, 11) is 0. The number of piperidine rings is 1. The smallest absolute Gasteiger partial charge is 0.243 e. The second-order valence-corrected chi connectivity index (χ2v) is 7.63. The Morgan fingerprint density at radius 2 is 1.92 bits per heavy atom. The van der Waals surface area contributed by atoms with Crippen molar-refractivity contribution in [3.63, 3.8) is 0 Å². The van der Waals surface area contributed by atoms with Gasteiger partial charge >= 0.3 is 0 Å². The number of carbonyl (C=O) groups excluding carboxylic acids is 2. The maximum Gasteiger partial charge on any atom is 0.243 e. The number of hydrogen-bond donors (Lipinski definition) is 1. The van der Waals surface area contributed by atoms with Crippen molar-refractivity contribution in [1.29, 1.82) is 0 Å². The van der Waals surface area contributed by atoms with Gasteiger partial charge in [0.2, 0.25) is 11.8 Å². The molecule has 2 aliphatic heterocycles. The maximum absolute atomic E-state index is 12.9. The van der Waals surface area contributed by atoms with E-state index in [-0.39, 0.29) is 23.4 Å². The molecule has 1 aliphatic carbocycles. The van der Waals surface area contributed by atoms with Gasteiger partial charge in [-0.15, -0.1) is 11.5 Å². The first-order valence-corrected chi connectivity index (χ1v) is 9.51. The van der Waals surface area contributed by atoms with Gasteiger partial charge in [0.1, 0.15) is 11.7 Å². The molecule has 7 nitrogen and oxygen atoms in total. The summed E-state index contributed by atoms with van der Waals surface area (Å²) in [5, 5.41) is 5.88. The van der Waals surface area contributed by atoms with E-state index in [1.807, 2.05) is 0 Å². The van der Waals surface area contributed by atoms with Crippen molar-refractivity contribution >= 4 is 11.8 Å². The van der Waals surface area contributed by atoms with Crippen LogP contribution in [0.5, 0.6) is 0 Å². The number of nitrogens with one attached hydrogen (secondary N) is 1. The summed E-state index contributed by atoms with van der Waals surface area (Å²) in [4.78, 5) is 40.4. The molecule has 1 saturated carbocycles. The van der Waals surface area contributed by atoms with Crippen LogP contribution in [-0.4, -0.2) is 59.4 Å². The van der Waals surface area contributed by atoms with Crippen molar-refractivity contribution in [2.24, 2.45) is 11.1 Å². The molecule has 3 rings (SSSR count). The zero-order chi connectivity index (χ0) is 18.7. The lowest BCUT2D eigenvalue weighted by Crippen LogP contribution is -2.52. The highest BCUT2D eigenvalue weighted by molar-refractivity contribution is 5.90.